The molecule has 0 saturated heterocycles. The molecule has 1 heterocycles. The molecule has 3 rings (SSSR count). The number of para-hydroxylation sites is 1. The standard InChI is InChI=1S/C19H17N3O2/c23-19(24-13-15-7-2-1-3-8-15)20-12-5-4-9-16-10-6-11-17-18(16)22-14-21-17/h1-3,6-8,10-11,14H,5,12-13H2,(H,20,23)(H,21,22). The molecule has 0 aliphatic rings. The molecule has 0 saturated carbocycles. The van der Waals surface area contributed by atoms with Gasteiger partial charge in [0.2, 0.25) is 0 Å². The normalized spacial score (nSPS) is 10.0. The summed E-state index contributed by atoms with van der Waals surface area (Å²) in [7, 11) is 0. The van der Waals surface area contributed by atoms with E-state index in [2.05, 4.69) is 27.1 Å². The van der Waals surface area contributed by atoms with Crippen molar-refractivity contribution < 1.29 is 9.53 Å². The summed E-state index contributed by atoms with van der Waals surface area (Å²) < 4.78 is 5.13. The van der Waals surface area contributed by atoms with Crippen molar-refractivity contribution in [3.8, 4) is 11.8 Å². The lowest BCUT2D eigenvalue weighted by Crippen LogP contribution is -2.24. The maximum absolute atomic E-state index is 11.6. The molecule has 0 bridgehead atoms. The van der Waals surface area contributed by atoms with Gasteiger partial charge in [-0.3, -0.25) is 0 Å². The molecule has 3 aromatic rings. The molecule has 0 spiro atoms. The predicted molar refractivity (Wildman–Crippen MR) is 92.2 cm³/mol. The fourth-order valence-corrected chi connectivity index (χ4v) is 2.23. The van der Waals surface area contributed by atoms with Crippen LogP contribution in [0.3, 0.4) is 0 Å². The number of amides is 1. The number of nitrogens with zero attached hydrogens (tertiary/aromatic N) is 1. The average molecular weight is 319 g/mol. The number of alkyl carbamates (subject to hydrolysis) is 1. The Morgan fingerprint density at radius 1 is 1.17 bits per heavy atom. The largest absolute Gasteiger partial charge is 0.445 e. The zero-order chi connectivity index (χ0) is 16.6. The summed E-state index contributed by atoms with van der Waals surface area (Å²) in [6, 6.07) is 15.4. The second-order valence-corrected chi connectivity index (χ2v) is 5.14. The Morgan fingerprint density at radius 2 is 2.04 bits per heavy atom. The van der Waals surface area contributed by atoms with Crippen LogP contribution in [0.1, 0.15) is 17.5 Å². The summed E-state index contributed by atoms with van der Waals surface area (Å²) in [6.07, 6.45) is 1.76. The molecule has 1 amide bonds. The van der Waals surface area contributed by atoms with Gasteiger partial charge in [0, 0.05) is 13.0 Å². The smallest absolute Gasteiger partial charge is 0.407 e. The fourth-order valence-electron chi connectivity index (χ4n) is 2.23. The van der Waals surface area contributed by atoms with Gasteiger partial charge in [0.05, 0.1) is 17.4 Å². The number of aromatic amines is 1. The van der Waals surface area contributed by atoms with E-state index in [0.717, 1.165) is 22.2 Å². The summed E-state index contributed by atoms with van der Waals surface area (Å²) in [5, 5.41) is 2.69. The van der Waals surface area contributed by atoms with Crippen LogP contribution in [0.25, 0.3) is 11.0 Å². The Balaban J connectivity index is 1.43. The van der Waals surface area contributed by atoms with Crippen LogP contribution in [-0.2, 0) is 11.3 Å². The van der Waals surface area contributed by atoms with Crippen molar-refractivity contribution in [2.75, 3.05) is 6.54 Å². The zero-order valence-electron chi connectivity index (χ0n) is 13.1. The van der Waals surface area contributed by atoms with Gasteiger partial charge < -0.3 is 15.0 Å². The molecule has 24 heavy (non-hydrogen) atoms. The highest BCUT2D eigenvalue weighted by atomic mass is 16.5. The van der Waals surface area contributed by atoms with Gasteiger partial charge in [-0.05, 0) is 17.7 Å². The minimum atomic E-state index is -0.435. The molecule has 0 radical (unpaired) electrons. The van der Waals surface area contributed by atoms with E-state index in [4.69, 9.17) is 4.74 Å². The first-order valence-corrected chi connectivity index (χ1v) is 7.68. The van der Waals surface area contributed by atoms with E-state index in [1.165, 1.54) is 0 Å². The van der Waals surface area contributed by atoms with Crippen LogP contribution in [0.5, 0.6) is 0 Å². The minimum absolute atomic E-state index is 0.263. The Hall–Kier alpha value is -3.26. The number of hydrogen-bond acceptors (Lipinski definition) is 3. The van der Waals surface area contributed by atoms with Crippen molar-refractivity contribution in [3.05, 3.63) is 66.0 Å². The van der Waals surface area contributed by atoms with Crippen LogP contribution >= 0.6 is 0 Å². The van der Waals surface area contributed by atoms with Gasteiger partial charge in [-0.1, -0.05) is 48.2 Å². The van der Waals surface area contributed by atoms with Crippen molar-refractivity contribution >= 4 is 17.1 Å². The molecular formula is C19H17N3O2. The van der Waals surface area contributed by atoms with Gasteiger partial charge in [0.15, 0.2) is 0 Å². The van der Waals surface area contributed by atoms with Crippen molar-refractivity contribution in [2.24, 2.45) is 0 Å². The second kappa shape index (κ2) is 7.84. The van der Waals surface area contributed by atoms with Crippen LogP contribution in [0, 0.1) is 11.8 Å². The highest BCUT2D eigenvalue weighted by Crippen LogP contribution is 2.12. The molecule has 2 aromatic carbocycles. The maximum atomic E-state index is 11.6. The Kier molecular flexibility index (Phi) is 5.10. The van der Waals surface area contributed by atoms with E-state index in [1.807, 2.05) is 48.5 Å². The molecule has 1 aromatic heterocycles. The van der Waals surface area contributed by atoms with Crippen LogP contribution in [0.4, 0.5) is 4.79 Å². The summed E-state index contributed by atoms with van der Waals surface area (Å²) in [5.74, 6) is 6.12. The number of imidazole rings is 1. The van der Waals surface area contributed by atoms with Crippen molar-refractivity contribution in [1.29, 1.82) is 0 Å². The lowest BCUT2D eigenvalue weighted by atomic mass is 10.2. The van der Waals surface area contributed by atoms with E-state index in [-0.39, 0.29) is 6.61 Å². The number of benzene rings is 2. The number of carbonyl (C=O) groups is 1. The minimum Gasteiger partial charge on any atom is -0.445 e. The van der Waals surface area contributed by atoms with E-state index in [0.29, 0.717) is 13.0 Å². The molecule has 5 heteroatoms. The third-order valence-electron chi connectivity index (χ3n) is 3.40. The molecule has 0 aliphatic heterocycles. The lowest BCUT2D eigenvalue weighted by molar-refractivity contribution is 0.140. The van der Waals surface area contributed by atoms with E-state index in [1.54, 1.807) is 6.33 Å². The number of rotatable bonds is 4. The van der Waals surface area contributed by atoms with Crippen LogP contribution in [-0.4, -0.2) is 22.6 Å². The zero-order valence-corrected chi connectivity index (χ0v) is 13.1. The summed E-state index contributed by atoms with van der Waals surface area (Å²) >= 11 is 0. The highest BCUT2D eigenvalue weighted by molar-refractivity contribution is 5.81. The second-order valence-electron chi connectivity index (χ2n) is 5.14. The van der Waals surface area contributed by atoms with Gasteiger partial charge in [-0.25, -0.2) is 9.78 Å². The van der Waals surface area contributed by atoms with Crippen molar-refractivity contribution in [3.63, 3.8) is 0 Å². The van der Waals surface area contributed by atoms with Gasteiger partial charge >= 0.3 is 6.09 Å². The summed E-state index contributed by atoms with van der Waals surface area (Å²) in [5.41, 5.74) is 3.66. The third-order valence-corrected chi connectivity index (χ3v) is 3.40. The number of aromatic nitrogens is 2. The monoisotopic (exact) mass is 319 g/mol. The average Bonchev–Trinajstić information content (AvgIpc) is 3.10. The maximum Gasteiger partial charge on any atom is 0.407 e. The number of hydrogen-bond donors (Lipinski definition) is 2. The Labute approximate surface area is 140 Å². The number of nitrogens with one attached hydrogen (secondary N) is 2. The quantitative estimate of drug-likeness (QED) is 0.573. The topological polar surface area (TPSA) is 67.0 Å². The first-order chi connectivity index (χ1) is 11.8. The SMILES string of the molecule is O=C(NCCC#Cc1cccc2[nH]cnc12)OCc1ccccc1. The molecule has 0 atom stereocenters. The predicted octanol–water partition coefficient (Wildman–Crippen LogP) is 3.23. The van der Waals surface area contributed by atoms with Gasteiger partial charge in [0.25, 0.3) is 0 Å². The van der Waals surface area contributed by atoms with E-state index in [9.17, 15) is 4.79 Å². The molecule has 0 aliphatic carbocycles. The Bertz CT molecular complexity index is 876. The molecule has 120 valence electrons. The molecular weight excluding hydrogens is 302 g/mol. The number of fused-ring (bicyclic) bond motifs is 1. The first-order valence-electron chi connectivity index (χ1n) is 7.68. The van der Waals surface area contributed by atoms with Crippen LogP contribution in [0.2, 0.25) is 0 Å². The number of H-pyrrole nitrogens is 1. The van der Waals surface area contributed by atoms with E-state index < -0.39 is 6.09 Å². The third kappa shape index (κ3) is 4.14. The van der Waals surface area contributed by atoms with Gasteiger partial charge in [0.1, 0.15) is 12.1 Å². The molecule has 2 N–H and O–H groups in total. The molecule has 5 nitrogen and oxygen atoms in total. The molecule has 0 fully saturated rings. The molecule has 0 unspecified atom stereocenters. The van der Waals surface area contributed by atoms with Crippen LogP contribution in [0.15, 0.2) is 54.9 Å². The summed E-state index contributed by atoms with van der Waals surface area (Å²) in [6.45, 7) is 0.705. The van der Waals surface area contributed by atoms with Gasteiger partial charge in [-0.15, -0.1) is 0 Å². The summed E-state index contributed by atoms with van der Waals surface area (Å²) in [4.78, 5) is 18.9. The van der Waals surface area contributed by atoms with Crippen LogP contribution < -0.4 is 5.32 Å². The highest BCUT2D eigenvalue weighted by Gasteiger charge is 2.01. The van der Waals surface area contributed by atoms with E-state index >= 15 is 0 Å². The first kappa shape index (κ1) is 15.6. The number of carbonyl (C=O) groups excluding carboxylic acids is 1. The lowest BCUT2D eigenvalue weighted by Gasteiger charge is -2.05. The van der Waals surface area contributed by atoms with Crippen molar-refractivity contribution in [1.82, 2.24) is 15.3 Å². The Morgan fingerprint density at radius 3 is 2.92 bits per heavy atom. The number of ether oxygens (including phenoxy) is 1. The van der Waals surface area contributed by atoms with Gasteiger partial charge in [-0.2, -0.15) is 0 Å². The van der Waals surface area contributed by atoms with Crippen molar-refractivity contribution in [2.45, 2.75) is 13.0 Å². The fraction of sp³-hybridized carbons (Fsp3) is 0.158.